The molecule has 0 bridgehead atoms. The topological polar surface area (TPSA) is 107 Å². The van der Waals surface area contributed by atoms with Crippen molar-refractivity contribution in [3.63, 3.8) is 0 Å². The van der Waals surface area contributed by atoms with Gasteiger partial charge in [0.05, 0.1) is 26.0 Å². The number of hydrogen-bond donors (Lipinski definition) is 1. The Labute approximate surface area is 191 Å². The molecule has 2 aromatic carbocycles. The summed E-state index contributed by atoms with van der Waals surface area (Å²) in [7, 11) is 1.46. The molecule has 32 heavy (non-hydrogen) atoms. The molecule has 0 heterocycles. The van der Waals surface area contributed by atoms with Gasteiger partial charge in [0.2, 0.25) is 0 Å². The van der Waals surface area contributed by atoms with Crippen molar-refractivity contribution in [2.45, 2.75) is 13.8 Å². The van der Waals surface area contributed by atoms with Crippen LogP contribution in [0.1, 0.15) is 19.4 Å². The van der Waals surface area contributed by atoms with E-state index in [9.17, 15) is 14.9 Å². The third-order valence-electron chi connectivity index (χ3n) is 4.00. The molecular formula is C23H23ClN2O6. The molecule has 0 aromatic heterocycles. The molecule has 0 saturated carbocycles. The molecule has 0 unspecified atom stereocenters. The summed E-state index contributed by atoms with van der Waals surface area (Å²) in [4.78, 5) is 24.2. The molecule has 9 heteroatoms. The van der Waals surface area contributed by atoms with E-state index in [1.165, 1.54) is 19.3 Å². The van der Waals surface area contributed by atoms with Gasteiger partial charge in [-0.15, -0.1) is 0 Å². The lowest BCUT2D eigenvalue weighted by molar-refractivity contribution is -0.145. The van der Waals surface area contributed by atoms with E-state index in [1.807, 2.05) is 6.07 Å². The van der Waals surface area contributed by atoms with Crippen LogP contribution >= 0.6 is 11.6 Å². The smallest absolute Gasteiger partial charge is 0.344 e. The first-order chi connectivity index (χ1) is 15.4. The summed E-state index contributed by atoms with van der Waals surface area (Å²) in [6, 6.07) is 11.5. The van der Waals surface area contributed by atoms with Crippen molar-refractivity contribution >= 4 is 35.2 Å². The SMILES string of the molecule is CCOC(=O)COc1ccc(/C=C(\C#N)C(=O)Nc2cc(Cl)ccc2OC)cc1OCC. The first-order valence-corrected chi connectivity index (χ1v) is 10.1. The van der Waals surface area contributed by atoms with Gasteiger partial charge in [0, 0.05) is 5.02 Å². The fraction of sp³-hybridized carbons (Fsp3) is 0.261. The summed E-state index contributed by atoms with van der Waals surface area (Å²) in [5, 5.41) is 12.5. The van der Waals surface area contributed by atoms with Gasteiger partial charge in [0.25, 0.3) is 5.91 Å². The van der Waals surface area contributed by atoms with Gasteiger partial charge in [-0.25, -0.2) is 4.79 Å². The van der Waals surface area contributed by atoms with E-state index in [0.717, 1.165) is 0 Å². The van der Waals surface area contributed by atoms with Crippen LogP contribution in [0.5, 0.6) is 17.2 Å². The largest absolute Gasteiger partial charge is 0.495 e. The highest BCUT2D eigenvalue weighted by Crippen LogP contribution is 2.30. The Morgan fingerprint density at radius 2 is 1.81 bits per heavy atom. The number of methoxy groups -OCH3 is 1. The maximum atomic E-state index is 12.6. The van der Waals surface area contributed by atoms with Crippen LogP contribution in [0, 0.1) is 11.3 Å². The van der Waals surface area contributed by atoms with Crippen LogP contribution < -0.4 is 19.5 Å². The Morgan fingerprint density at radius 3 is 2.47 bits per heavy atom. The van der Waals surface area contributed by atoms with Crippen molar-refractivity contribution in [3.8, 4) is 23.3 Å². The van der Waals surface area contributed by atoms with Crippen molar-refractivity contribution in [3.05, 3.63) is 52.6 Å². The fourth-order valence-corrected chi connectivity index (χ4v) is 2.80. The summed E-state index contributed by atoms with van der Waals surface area (Å²) in [5.74, 6) is -0.0299. The minimum absolute atomic E-state index is 0.144. The summed E-state index contributed by atoms with van der Waals surface area (Å²) in [5.41, 5.74) is 0.722. The minimum Gasteiger partial charge on any atom is -0.495 e. The lowest BCUT2D eigenvalue weighted by atomic mass is 10.1. The number of esters is 1. The van der Waals surface area contributed by atoms with Crippen molar-refractivity contribution < 1.29 is 28.5 Å². The number of carbonyl (C=O) groups is 2. The van der Waals surface area contributed by atoms with Crippen LogP contribution in [-0.2, 0) is 14.3 Å². The summed E-state index contributed by atoms with van der Waals surface area (Å²) < 4.78 is 21.1. The number of halogens is 1. The van der Waals surface area contributed by atoms with Crippen LogP contribution in [0.15, 0.2) is 42.0 Å². The number of nitrogens with zero attached hydrogens (tertiary/aromatic N) is 1. The molecule has 0 aliphatic rings. The maximum Gasteiger partial charge on any atom is 0.344 e. The average molecular weight is 459 g/mol. The predicted octanol–water partition coefficient (Wildman–Crippen LogP) is 4.23. The third kappa shape index (κ3) is 6.93. The Kier molecular flexibility index (Phi) is 9.39. The van der Waals surface area contributed by atoms with E-state index >= 15 is 0 Å². The molecule has 0 radical (unpaired) electrons. The number of nitrogens with one attached hydrogen (secondary N) is 1. The van der Waals surface area contributed by atoms with E-state index in [2.05, 4.69) is 5.32 Å². The van der Waals surface area contributed by atoms with Crippen LogP contribution in [0.2, 0.25) is 5.02 Å². The molecule has 168 valence electrons. The lowest BCUT2D eigenvalue weighted by Gasteiger charge is -2.12. The Hall–Kier alpha value is -3.70. The number of carbonyl (C=O) groups excluding carboxylic acids is 2. The normalized spacial score (nSPS) is 10.7. The van der Waals surface area contributed by atoms with Gasteiger partial charge in [-0.05, 0) is 55.8 Å². The Balaban J connectivity index is 2.25. The number of hydrogen-bond acceptors (Lipinski definition) is 7. The summed E-state index contributed by atoms with van der Waals surface area (Å²) in [6.07, 6.45) is 1.41. The zero-order valence-electron chi connectivity index (χ0n) is 17.9. The number of anilines is 1. The van der Waals surface area contributed by atoms with Gasteiger partial charge in [0.1, 0.15) is 17.4 Å². The zero-order valence-corrected chi connectivity index (χ0v) is 18.7. The molecule has 0 atom stereocenters. The molecular weight excluding hydrogens is 436 g/mol. The molecule has 0 aliphatic heterocycles. The first kappa shape index (κ1) is 24.6. The number of nitriles is 1. The molecule has 2 aromatic rings. The van der Waals surface area contributed by atoms with Crippen molar-refractivity contribution in [2.24, 2.45) is 0 Å². The molecule has 0 spiro atoms. The number of benzene rings is 2. The predicted molar refractivity (Wildman–Crippen MR) is 120 cm³/mol. The zero-order chi connectivity index (χ0) is 23.5. The van der Waals surface area contributed by atoms with Gasteiger partial charge in [0.15, 0.2) is 18.1 Å². The second kappa shape index (κ2) is 12.2. The van der Waals surface area contributed by atoms with E-state index in [-0.39, 0.29) is 18.8 Å². The van der Waals surface area contributed by atoms with E-state index in [4.69, 9.17) is 30.5 Å². The average Bonchev–Trinajstić information content (AvgIpc) is 2.77. The molecule has 0 saturated heterocycles. The number of ether oxygens (including phenoxy) is 4. The highest BCUT2D eigenvalue weighted by atomic mass is 35.5. The van der Waals surface area contributed by atoms with Gasteiger partial charge >= 0.3 is 5.97 Å². The van der Waals surface area contributed by atoms with Crippen LogP contribution in [-0.4, -0.2) is 38.8 Å². The standard InChI is InChI=1S/C23H23ClN2O6/c1-4-30-21-11-15(6-8-20(21)32-14-22(27)31-5-2)10-16(13-25)23(28)26-18-12-17(24)7-9-19(18)29-3/h6-12H,4-5,14H2,1-3H3,(H,26,28)/b16-10+. The summed E-state index contributed by atoms with van der Waals surface area (Å²) in [6.45, 7) is 3.84. The van der Waals surface area contributed by atoms with E-state index < -0.39 is 11.9 Å². The van der Waals surface area contributed by atoms with Crippen molar-refractivity contribution in [2.75, 3.05) is 32.2 Å². The molecule has 8 nitrogen and oxygen atoms in total. The fourth-order valence-electron chi connectivity index (χ4n) is 2.62. The van der Waals surface area contributed by atoms with Crippen molar-refractivity contribution in [1.82, 2.24) is 0 Å². The van der Waals surface area contributed by atoms with Gasteiger partial charge < -0.3 is 24.3 Å². The second-order valence-electron chi connectivity index (χ2n) is 6.20. The van der Waals surface area contributed by atoms with Crippen molar-refractivity contribution in [1.29, 1.82) is 5.26 Å². The highest BCUT2D eigenvalue weighted by Gasteiger charge is 2.14. The van der Waals surface area contributed by atoms with Gasteiger partial charge in [-0.3, -0.25) is 4.79 Å². The highest BCUT2D eigenvalue weighted by molar-refractivity contribution is 6.31. The number of rotatable bonds is 10. The molecule has 0 aliphatic carbocycles. The van der Waals surface area contributed by atoms with E-state index in [0.29, 0.717) is 40.1 Å². The van der Waals surface area contributed by atoms with Crippen LogP contribution in [0.25, 0.3) is 6.08 Å². The Morgan fingerprint density at radius 1 is 1.06 bits per heavy atom. The molecule has 1 amide bonds. The van der Waals surface area contributed by atoms with Gasteiger partial charge in [-0.2, -0.15) is 5.26 Å². The van der Waals surface area contributed by atoms with Crippen LogP contribution in [0.4, 0.5) is 5.69 Å². The minimum atomic E-state index is -0.631. The molecule has 2 rings (SSSR count). The number of amides is 1. The second-order valence-corrected chi connectivity index (χ2v) is 6.64. The van der Waals surface area contributed by atoms with Crippen LogP contribution in [0.3, 0.4) is 0 Å². The Bertz CT molecular complexity index is 1050. The quantitative estimate of drug-likeness (QED) is 0.322. The third-order valence-corrected chi connectivity index (χ3v) is 4.24. The lowest BCUT2D eigenvalue weighted by Crippen LogP contribution is -2.15. The maximum absolute atomic E-state index is 12.6. The van der Waals surface area contributed by atoms with Gasteiger partial charge in [-0.1, -0.05) is 17.7 Å². The molecule has 1 N–H and O–H groups in total. The summed E-state index contributed by atoms with van der Waals surface area (Å²) >= 11 is 5.98. The molecule has 0 fully saturated rings. The first-order valence-electron chi connectivity index (χ1n) is 9.73. The van der Waals surface area contributed by atoms with E-state index in [1.54, 1.807) is 44.2 Å². The monoisotopic (exact) mass is 458 g/mol.